The highest BCUT2D eigenvalue weighted by molar-refractivity contribution is 6.06. The summed E-state index contributed by atoms with van der Waals surface area (Å²) in [6.07, 6.45) is 5.73. The highest BCUT2D eigenvalue weighted by atomic mass is 16.3. The lowest BCUT2D eigenvalue weighted by Crippen LogP contribution is -2.33. The third-order valence-electron chi connectivity index (χ3n) is 4.06. The maximum Gasteiger partial charge on any atom is 0.265 e. The Morgan fingerprint density at radius 3 is 2.57 bits per heavy atom. The quantitative estimate of drug-likeness (QED) is 0.803. The molecule has 1 aliphatic heterocycles. The van der Waals surface area contributed by atoms with Crippen LogP contribution in [0.5, 0.6) is 0 Å². The van der Waals surface area contributed by atoms with Gasteiger partial charge in [-0.05, 0) is 19.8 Å². The number of likely N-dealkylation sites (tertiary alicyclic amines) is 1. The molecule has 112 valence electrons. The first-order valence-corrected chi connectivity index (χ1v) is 7.33. The van der Waals surface area contributed by atoms with Crippen LogP contribution in [0, 0.1) is 6.92 Å². The van der Waals surface area contributed by atoms with Gasteiger partial charge >= 0.3 is 0 Å². The normalized spacial score (nSPS) is 16.2. The number of hydrogen-bond donors (Lipinski definition) is 0. The number of fused-ring (bicyclic) bond motifs is 1. The molecule has 6 nitrogen and oxygen atoms in total. The van der Waals surface area contributed by atoms with E-state index in [1.54, 1.807) is 14.0 Å². The third kappa shape index (κ3) is 2.34. The molecule has 2 aromatic rings. The molecule has 3 rings (SSSR count). The number of hydrogen-bond acceptors (Lipinski definition) is 4. The number of furan rings is 1. The first-order chi connectivity index (χ1) is 10.1. The van der Waals surface area contributed by atoms with Gasteiger partial charge in [-0.2, -0.15) is 0 Å². The molecule has 0 unspecified atom stereocenters. The van der Waals surface area contributed by atoms with Crippen molar-refractivity contribution in [1.82, 2.24) is 14.5 Å². The first kappa shape index (κ1) is 13.9. The second kappa shape index (κ2) is 5.35. The van der Waals surface area contributed by atoms with Crippen LogP contribution in [0.3, 0.4) is 0 Å². The fraction of sp³-hybridized carbons (Fsp3) is 0.533. The predicted octanol–water partition coefficient (Wildman–Crippen LogP) is 1.85. The molecule has 3 heterocycles. The van der Waals surface area contributed by atoms with E-state index in [1.807, 2.05) is 4.90 Å². The summed E-state index contributed by atoms with van der Waals surface area (Å²) < 4.78 is 6.88. The van der Waals surface area contributed by atoms with Crippen LogP contribution in [-0.2, 0) is 7.05 Å². The number of nitrogens with zero attached hydrogens (tertiary/aromatic N) is 3. The van der Waals surface area contributed by atoms with Gasteiger partial charge in [-0.25, -0.2) is 4.98 Å². The third-order valence-corrected chi connectivity index (χ3v) is 4.06. The fourth-order valence-electron chi connectivity index (χ4n) is 2.88. The topological polar surface area (TPSA) is 68.3 Å². The Morgan fingerprint density at radius 2 is 1.90 bits per heavy atom. The van der Waals surface area contributed by atoms with Crippen molar-refractivity contribution in [3.8, 4) is 0 Å². The highest BCUT2D eigenvalue weighted by Crippen LogP contribution is 2.23. The largest absolute Gasteiger partial charge is 0.442 e. The molecule has 0 aromatic carbocycles. The van der Waals surface area contributed by atoms with E-state index in [-0.39, 0.29) is 17.2 Å². The van der Waals surface area contributed by atoms with Crippen molar-refractivity contribution in [1.29, 1.82) is 0 Å². The van der Waals surface area contributed by atoms with Gasteiger partial charge in [0.1, 0.15) is 17.5 Å². The first-order valence-electron chi connectivity index (χ1n) is 7.33. The molecule has 0 bridgehead atoms. The van der Waals surface area contributed by atoms with Crippen LogP contribution >= 0.6 is 0 Å². The highest BCUT2D eigenvalue weighted by Gasteiger charge is 2.26. The Labute approximate surface area is 122 Å². The summed E-state index contributed by atoms with van der Waals surface area (Å²) in [6.45, 7) is 3.20. The summed E-state index contributed by atoms with van der Waals surface area (Å²) in [5, 5.41) is 0.298. The Kier molecular flexibility index (Phi) is 3.53. The number of aryl methyl sites for hydroxylation is 2. The van der Waals surface area contributed by atoms with E-state index >= 15 is 0 Å². The Morgan fingerprint density at radius 1 is 1.24 bits per heavy atom. The zero-order valence-electron chi connectivity index (χ0n) is 12.4. The molecule has 0 aliphatic carbocycles. The molecule has 1 saturated heterocycles. The van der Waals surface area contributed by atoms with Gasteiger partial charge in [0.2, 0.25) is 5.71 Å². The van der Waals surface area contributed by atoms with E-state index in [9.17, 15) is 9.59 Å². The van der Waals surface area contributed by atoms with Gasteiger partial charge in [-0.1, -0.05) is 12.8 Å². The minimum absolute atomic E-state index is 0.113. The van der Waals surface area contributed by atoms with Gasteiger partial charge in [0.15, 0.2) is 0 Å². The molecule has 1 fully saturated rings. The van der Waals surface area contributed by atoms with Gasteiger partial charge in [0.25, 0.3) is 11.5 Å². The van der Waals surface area contributed by atoms with Crippen molar-refractivity contribution in [3.63, 3.8) is 0 Å². The maximum atomic E-state index is 12.8. The van der Waals surface area contributed by atoms with Crippen LogP contribution in [0.2, 0.25) is 0 Å². The zero-order chi connectivity index (χ0) is 15.0. The lowest BCUT2D eigenvalue weighted by Gasteiger charge is -2.19. The van der Waals surface area contributed by atoms with Crippen LogP contribution in [0.25, 0.3) is 11.1 Å². The van der Waals surface area contributed by atoms with E-state index in [1.165, 1.54) is 10.9 Å². The minimum atomic E-state index is -0.241. The molecule has 0 N–H and O–H groups in total. The Bertz CT molecular complexity index is 736. The van der Waals surface area contributed by atoms with E-state index in [0.717, 1.165) is 38.8 Å². The monoisotopic (exact) mass is 289 g/mol. The molecular weight excluding hydrogens is 270 g/mol. The Balaban J connectivity index is 2.10. The number of carbonyl (C=O) groups excluding carboxylic acids is 1. The molecule has 0 spiro atoms. The molecule has 1 aliphatic rings. The summed E-state index contributed by atoms with van der Waals surface area (Å²) in [6, 6.07) is 0. The molecule has 0 radical (unpaired) electrons. The van der Waals surface area contributed by atoms with Crippen molar-refractivity contribution in [3.05, 3.63) is 28.0 Å². The van der Waals surface area contributed by atoms with E-state index in [0.29, 0.717) is 16.7 Å². The number of carbonyl (C=O) groups is 1. The van der Waals surface area contributed by atoms with E-state index < -0.39 is 0 Å². The maximum absolute atomic E-state index is 12.8. The molecular formula is C15H19N3O3. The lowest BCUT2D eigenvalue weighted by atomic mass is 10.1. The second-order valence-electron chi connectivity index (χ2n) is 5.58. The van der Waals surface area contributed by atoms with Gasteiger partial charge in [-0.3, -0.25) is 9.59 Å². The second-order valence-corrected chi connectivity index (χ2v) is 5.58. The molecule has 1 amide bonds. The summed E-state index contributed by atoms with van der Waals surface area (Å²) in [5.74, 6) is 0.355. The summed E-state index contributed by atoms with van der Waals surface area (Å²) in [7, 11) is 1.62. The average Bonchev–Trinajstić information content (AvgIpc) is 2.66. The number of amides is 1. The van der Waals surface area contributed by atoms with Gasteiger partial charge in [0, 0.05) is 20.1 Å². The van der Waals surface area contributed by atoms with E-state index in [4.69, 9.17) is 4.42 Å². The zero-order valence-corrected chi connectivity index (χ0v) is 12.4. The SMILES string of the molecule is Cc1oc2ncn(C)c(=O)c2c1C(=O)N1CCCCCC1. The van der Waals surface area contributed by atoms with E-state index in [2.05, 4.69) is 4.98 Å². The summed E-state index contributed by atoms with van der Waals surface area (Å²) >= 11 is 0. The van der Waals surface area contributed by atoms with Crippen LogP contribution in [0.4, 0.5) is 0 Å². The lowest BCUT2D eigenvalue weighted by molar-refractivity contribution is 0.0761. The van der Waals surface area contributed by atoms with Crippen molar-refractivity contribution in [2.45, 2.75) is 32.6 Å². The fourth-order valence-corrected chi connectivity index (χ4v) is 2.88. The smallest absolute Gasteiger partial charge is 0.265 e. The van der Waals surface area contributed by atoms with Crippen LogP contribution < -0.4 is 5.56 Å². The number of aromatic nitrogens is 2. The molecule has 6 heteroatoms. The minimum Gasteiger partial charge on any atom is -0.442 e. The van der Waals surface area contributed by atoms with Crippen molar-refractivity contribution in [2.75, 3.05) is 13.1 Å². The average molecular weight is 289 g/mol. The summed E-state index contributed by atoms with van der Waals surface area (Å²) in [4.78, 5) is 31.0. The Hall–Kier alpha value is -2.11. The standard InChI is InChI=1S/C15H19N3O3/c1-10-11(15(20)18-7-5-3-4-6-8-18)12-13(21-10)16-9-17(2)14(12)19/h9H,3-8H2,1-2H3. The molecule has 21 heavy (non-hydrogen) atoms. The predicted molar refractivity (Wildman–Crippen MR) is 78.4 cm³/mol. The van der Waals surface area contributed by atoms with Crippen LogP contribution in [-0.4, -0.2) is 33.4 Å². The molecule has 2 aromatic heterocycles. The van der Waals surface area contributed by atoms with Crippen LogP contribution in [0.15, 0.2) is 15.5 Å². The van der Waals surface area contributed by atoms with Gasteiger partial charge in [0.05, 0.1) is 5.56 Å². The van der Waals surface area contributed by atoms with Crippen LogP contribution in [0.1, 0.15) is 41.8 Å². The molecule has 0 atom stereocenters. The van der Waals surface area contributed by atoms with Crippen molar-refractivity contribution < 1.29 is 9.21 Å². The summed E-state index contributed by atoms with van der Waals surface area (Å²) in [5.41, 5.74) is 0.379. The number of rotatable bonds is 1. The van der Waals surface area contributed by atoms with Gasteiger partial charge in [-0.15, -0.1) is 0 Å². The molecule has 0 saturated carbocycles. The van der Waals surface area contributed by atoms with Gasteiger partial charge < -0.3 is 13.9 Å². The van der Waals surface area contributed by atoms with Crippen molar-refractivity contribution in [2.24, 2.45) is 7.05 Å². The van der Waals surface area contributed by atoms with Crippen molar-refractivity contribution >= 4 is 17.0 Å².